The Morgan fingerprint density at radius 3 is 2.53 bits per heavy atom. The Balaban J connectivity index is 1.99. The number of benzene rings is 1. The van der Waals surface area contributed by atoms with Crippen molar-refractivity contribution < 1.29 is 9.47 Å². The fraction of sp³-hybridized carbons (Fsp3) is 0.0667. The highest BCUT2D eigenvalue weighted by atomic mass is 32.1. The zero-order valence-electron chi connectivity index (χ0n) is 10.6. The molecular formula is C15H14N3S+. The summed E-state index contributed by atoms with van der Waals surface area (Å²) in [6.07, 6.45) is 4.19. The van der Waals surface area contributed by atoms with Crippen molar-refractivity contribution in [3.63, 3.8) is 0 Å². The molecule has 0 spiro atoms. The Morgan fingerprint density at radius 2 is 1.89 bits per heavy atom. The molecule has 1 atom stereocenters. The van der Waals surface area contributed by atoms with Gasteiger partial charge in [-0.05, 0) is 23.8 Å². The first-order chi connectivity index (χ1) is 9.16. The average Bonchev–Trinajstić information content (AvgIpc) is 2.77. The first-order valence-corrected chi connectivity index (χ1v) is 6.50. The van der Waals surface area contributed by atoms with Crippen molar-refractivity contribution in [2.24, 2.45) is 0 Å². The van der Waals surface area contributed by atoms with E-state index < -0.39 is 0 Å². The first kappa shape index (κ1) is 12.0. The quantitative estimate of drug-likeness (QED) is 0.362. The summed E-state index contributed by atoms with van der Waals surface area (Å²) >= 11 is 4.86. The van der Waals surface area contributed by atoms with Crippen LogP contribution in [0.2, 0.25) is 0 Å². The largest absolute Gasteiger partial charge is 0.760 e. The minimum absolute atomic E-state index is 0.185. The van der Waals surface area contributed by atoms with Crippen molar-refractivity contribution in [1.82, 2.24) is 0 Å². The van der Waals surface area contributed by atoms with Crippen LogP contribution in [-0.2, 0) is 12.6 Å². The highest BCUT2D eigenvalue weighted by Gasteiger charge is 2.32. The number of nitrogens with one attached hydrogen (secondary N) is 2. The summed E-state index contributed by atoms with van der Waals surface area (Å²) in [5.41, 5.74) is 3.16. The molecular weight excluding hydrogens is 254 g/mol. The first-order valence-electron chi connectivity index (χ1n) is 6.09. The molecule has 3 nitrogen and oxygen atoms in total. The van der Waals surface area contributed by atoms with E-state index in [1.54, 1.807) is 0 Å². The molecule has 0 saturated heterocycles. The zero-order valence-corrected chi connectivity index (χ0v) is 11.4. The lowest BCUT2D eigenvalue weighted by Crippen LogP contribution is -3.01. The summed E-state index contributed by atoms with van der Waals surface area (Å²) < 4.78 is 2.13. The van der Waals surface area contributed by atoms with Gasteiger partial charge in [-0.15, -0.1) is 4.57 Å². The number of hydrogen-bond acceptors (Lipinski definition) is 2. The van der Waals surface area contributed by atoms with Crippen molar-refractivity contribution in [3.8, 4) is 0 Å². The number of pyridine rings is 1. The molecule has 0 saturated carbocycles. The number of aromatic nitrogens is 1. The molecule has 0 aliphatic carbocycles. The molecule has 1 aromatic carbocycles. The molecule has 0 fully saturated rings. The van der Waals surface area contributed by atoms with Crippen LogP contribution in [0.15, 0.2) is 48.7 Å². The van der Waals surface area contributed by atoms with Gasteiger partial charge in [0, 0.05) is 11.6 Å². The second-order valence-electron chi connectivity index (χ2n) is 4.57. The van der Waals surface area contributed by atoms with Crippen LogP contribution in [0, 0.1) is 5.41 Å². The second-order valence-corrected chi connectivity index (χ2v) is 4.98. The Hall–Kier alpha value is -2.04. The van der Waals surface area contributed by atoms with Crippen LogP contribution < -0.4 is 9.47 Å². The van der Waals surface area contributed by atoms with Crippen LogP contribution in [-0.4, -0.2) is 12.1 Å². The van der Waals surface area contributed by atoms with Gasteiger partial charge in [-0.1, -0.05) is 17.2 Å². The third kappa shape index (κ3) is 2.05. The van der Waals surface area contributed by atoms with Crippen molar-refractivity contribution in [1.29, 1.82) is 5.41 Å². The van der Waals surface area contributed by atoms with E-state index in [1.807, 2.05) is 36.4 Å². The summed E-state index contributed by atoms with van der Waals surface area (Å²) in [5, 5.41) is 7.64. The minimum Gasteiger partial charge on any atom is -0.760 e. The highest BCUT2D eigenvalue weighted by Crippen LogP contribution is 2.15. The van der Waals surface area contributed by atoms with Gasteiger partial charge < -0.3 is 18.0 Å². The maximum atomic E-state index is 7.45. The molecule has 2 heterocycles. The summed E-state index contributed by atoms with van der Waals surface area (Å²) in [4.78, 5) is 1.27. The van der Waals surface area contributed by atoms with Crippen molar-refractivity contribution in [2.75, 3.05) is 7.05 Å². The third-order valence-electron chi connectivity index (χ3n) is 3.40. The van der Waals surface area contributed by atoms with Gasteiger partial charge in [0.15, 0.2) is 6.20 Å². The molecule has 0 radical (unpaired) electrons. The van der Waals surface area contributed by atoms with Crippen molar-refractivity contribution in [2.45, 2.75) is 0 Å². The molecule has 2 N–H and O–H groups in total. The summed E-state index contributed by atoms with van der Waals surface area (Å²) in [7, 11) is 2.13. The van der Waals surface area contributed by atoms with E-state index in [0.29, 0.717) is 0 Å². The molecule has 1 unspecified atom stereocenters. The van der Waals surface area contributed by atoms with Crippen LogP contribution in [0.25, 0.3) is 11.9 Å². The number of fused-ring (bicyclic) bond motifs is 1. The van der Waals surface area contributed by atoms with E-state index in [-0.39, 0.29) is 5.04 Å². The monoisotopic (exact) mass is 268 g/mol. The predicted octanol–water partition coefficient (Wildman–Crippen LogP) is 0.962. The fourth-order valence-corrected chi connectivity index (χ4v) is 2.49. The molecule has 19 heavy (non-hydrogen) atoms. The van der Waals surface area contributed by atoms with Gasteiger partial charge in [-0.25, -0.2) is 4.90 Å². The van der Waals surface area contributed by atoms with E-state index in [0.717, 1.165) is 11.1 Å². The number of nitrogens with zero attached hydrogens (tertiary/aromatic N) is 1. The number of rotatable bonds is 2. The van der Waals surface area contributed by atoms with Crippen molar-refractivity contribution >= 4 is 35.4 Å². The minimum atomic E-state index is 0.185. The Bertz CT molecular complexity index is 674. The summed E-state index contributed by atoms with van der Waals surface area (Å²) in [6.45, 7) is 0. The Kier molecular flexibility index (Phi) is 2.89. The van der Waals surface area contributed by atoms with Crippen LogP contribution in [0.3, 0.4) is 0 Å². The van der Waals surface area contributed by atoms with Crippen LogP contribution in [0.4, 0.5) is 5.82 Å². The Labute approximate surface area is 117 Å². The standard InChI is InChI=1S/C15H13N3S/c1-17-13(10-18-9-3-2-4-14(17)18)11-5-7-12(8-6-11)15(16)19/h2-10H,1H3,(H-,16,19)/p+1. The van der Waals surface area contributed by atoms with Gasteiger partial charge in [-0.2, -0.15) is 0 Å². The lowest BCUT2D eigenvalue weighted by atomic mass is 10.1. The van der Waals surface area contributed by atoms with E-state index in [9.17, 15) is 0 Å². The van der Waals surface area contributed by atoms with Gasteiger partial charge in [0.05, 0.1) is 13.1 Å². The van der Waals surface area contributed by atoms with Gasteiger partial charge >= 0.3 is 5.82 Å². The number of quaternary nitrogens is 1. The SMILES string of the molecule is C[NH+]1C(c2ccc(C(=N)[S-])cc2)=C[n+]2ccccc21. The normalized spacial score (nSPS) is 16.9. The lowest BCUT2D eigenvalue weighted by Gasteiger charge is -2.09. The van der Waals surface area contributed by atoms with Gasteiger partial charge in [0.2, 0.25) is 11.9 Å². The van der Waals surface area contributed by atoms with Crippen LogP contribution in [0.1, 0.15) is 11.1 Å². The number of hydrogen-bond donors (Lipinski definition) is 2. The van der Waals surface area contributed by atoms with Gasteiger partial charge in [0.25, 0.3) is 0 Å². The molecule has 0 bridgehead atoms. The topological polar surface area (TPSA) is 32.2 Å². The van der Waals surface area contributed by atoms with Gasteiger partial charge in [-0.3, -0.25) is 0 Å². The molecule has 1 aliphatic heterocycles. The maximum absolute atomic E-state index is 7.45. The van der Waals surface area contributed by atoms with E-state index >= 15 is 0 Å². The molecule has 0 amide bonds. The summed E-state index contributed by atoms with van der Waals surface area (Å²) in [5.74, 6) is 1.22. The predicted molar refractivity (Wildman–Crippen MR) is 78.0 cm³/mol. The molecule has 4 heteroatoms. The molecule has 3 rings (SSSR count). The van der Waals surface area contributed by atoms with Crippen LogP contribution >= 0.6 is 0 Å². The molecule has 94 valence electrons. The summed E-state index contributed by atoms with van der Waals surface area (Å²) in [6, 6.07) is 14.1. The molecule has 1 aliphatic rings. The molecule has 1 aromatic heterocycles. The Morgan fingerprint density at radius 1 is 1.16 bits per heavy atom. The van der Waals surface area contributed by atoms with E-state index in [4.69, 9.17) is 18.0 Å². The molecule has 2 aromatic rings. The van der Waals surface area contributed by atoms with E-state index in [2.05, 4.69) is 30.1 Å². The zero-order chi connectivity index (χ0) is 13.4. The van der Waals surface area contributed by atoms with E-state index in [1.165, 1.54) is 16.4 Å². The van der Waals surface area contributed by atoms with Gasteiger partial charge in [0.1, 0.15) is 0 Å². The fourth-order valence-electron chi connectivity index (χ4n) is 2.35. The highest BCUT2D eigenvalue weighted by molar-refractivity contribution is 7.78. The van der Waals surface area contributed by atoms with Crippen LogP contribution in [0.5, 0.6) is 0 Å². The average molecular weight is 268 g/mol. The maximum Gasteiger partial charge on any atom is 0.377 e. The smallest absolute Gasteiger partial charge is 0.377 e. The van der Waals surface area contributed by atoms with Crippen molar-refractivity contribution in [3.05, 3.63) is 59.8 Å². The third-order valence-corrected chi connectivity index (χ3v) is 3.64. The second kappa shape index (κ2) is 4.57. The lowest BCUT2D eigenvalue weighted by molar-refractivity contribution is -0.784.